The van der Waals surface area contributed by atoms with Crippen molar-refractivity contribution in [3.05, 3.63) is 11.6 Å². The number of thiazole rings is 1. The van der Waals surface area contributed by atoms with Crippen LogP contribution in [-0.4, -0.2) is 55.2 Å². The first-order chi connectivity index (χ1) is 9.66. The Balaban J connectivity index is 1.65. The summed E-state index contributed by atoms with van der Waals surface area (Å²) in [6.07, 6.45) is 3.16. The van der Waals surface area contributed by atoms with Gasteiger partial charge in [-0.05, 0) is 25.8 Å². The monoisotopic (exact) mass is 296 g/mol. The van der Waals surface area contributed by atoms with E-state index in [9.17, 15) is 0 Å². The van der Waals surface area contributed by atoms with Crippen molar-refractivity contribution in [1.82, 2.24) is 15.2 Å². The normalized spacial score (nSPS) is 18.7. The van der Waals surface area contributed by atoms with E-state index in [1.165, 1.54) is 11.6 Å². The first-order valence-corrected chi connectivity index (χ1v) is 8.64. The van der Waals surface area contributed by atoms with Gasteiger partial charge in [0.25, 0.3) is 0 Å². The Bertz CT molecular complexity index is 358. The van der Waals surface area contributed by atoms with E-state index in [-0.39, 0.29) is 0 Å². The Morgan fingerprint density at radius 3 is 2.60 bits per heavy atom. The zero-order chi connectivity index (χ0) is 14.4. The molecule has 0 amide bonds. The molecule has 1 aromatic rings. The summed E-state index contributed by atoms with van der Waals surface area (Å²) in [4.78, 5) is 9.39. The van der Waals surface area contributed by atoms with Crippen LogP contribution in [0.4, 0.5) is 5.13 Å². The fraction of sp³-hybridized carbons (Fsp3) is 0.800. The van der Waals surface area contributed by atoms with Crippen LogP contribution < -0.4 is 10.2 Å². The Labute approximate surface area is 127 Å². The number of hydrogen-bond acceptors (Lipinski definition) is 5. The van der Waals surface area contributed by atoms with Gasteiger partial charge in [-0.15, -0.1) is 11.3 Å². The molecular formula is C15H28N4S. The zero-order valence-corrected chi connectivity index (χ0v) is 13.8. The molecule has 2 heterocycles. The van der Waals surface area contributed by atoms with Crippen molar-refractivity contribution >= 4 is 16.5 Å². The van der Waals surface area contributed by atoms with Crippen LogP contribution in [0.15, 0.2) is 11.6 Å². The molecular weight excluding hydrogens is 268 g/mol. The number of piperazine rings is 1. The van der Waals surface area contributed by atoms with Crippen molar-refractivity contribution < 1.29 is 0 Å². The van der Waals surface area contributed by atoms with Gasteiger partial charge in [0.1, 0.15) is 0 Å². The van der Waals surface area contributed by atoms with Gasteiger partial charge in [-0.25, -0.2) is 4.98 Å². The molecule has 0 bridgehead atoms. The van der Waals surface area contributed by atoms with Crippen LogP contribution in [0, 0.1) is 5.92 Å². The maximum Gasteiger partial charge on any atom is 0.185 e. The fourth-order valence-electron chi connectivity index (χ4n) is 2.56. The number of anilines is 1. The Kier molecular flexibility index (Phi) is 6.26. The second kappa shape index (κ2) is 7.96. The van der Waals surface area contributed by atoms with Crippen molar-refractivity contribution in [2.24, 2.45) is 5.92 Å². The summed E-state index contributed by atoms with van der Waals surface area (Å²) in [5.41, 5.74) is 0. The Hall–Kier alpha value is -0.650. The highest BCUT2D eigenvalue weighted by molar-refractivity contribution is 7.13. The van der Waals surface area contributed by atoms with E-state index < -0.39 is 0 Å². The molecule has 0 radical (unpaired) electrons. The summed E-state index contributed by atoms with van der Waals surface area (Å²) >= 11 is 1.74. The molecule has 0 saturated carbocycles. The van der Waals surface area contributed by atoms with E-state index in [1.807, 2.05) is 6.20 Å². The lowest BCUT2D eigenvalue weighted by atomic mass is 10.1. The van der Waals surface area contributed by atoms with Crippen LogP contribution in [0.3, 0.4) is 0 Å². The predicted molar refractivity (Wildman–Crippen MR) is 87.7 cm³/mol. The van der Waals surface area contributed by atoms with Gasteiger partial charge in [0.15, 0.2) is 5.13 Å². The summed E-state index contributed by atoms with van der Waals surface area (Å²) in [6.45, 7) is 13.6. The molecule has 1 unspecified atom stereocenters. The van der Waals surface area contributed by atoms with E-state index in [0.717, 1.165) is 45.2 Å². The fourth-order valence-corrected chi connectivity index (χ4v) is 3.25. The van der Waals surface area contributed by atoms with Crippen LogP contribution in [0.1, 0.15) is 27.2 Å². The van der Waals surface area contributed by atoms with Crippen LogP contribution in [0.2, 0.25) is 0 Å². The lowest BCUT2D eigenvalue weighted by Crippen LogP contribution is -2.52. The average Bonchev–Trinajstić information content (AvgIpc) is 2.97. The van der Waals surface area contributed by atoms with Gasteiger partial charge in [-0.3, -0.25) is 4.90 Å². The van der Waals surface area contributed by atoms with E-state index in [2.05, 4.69) is 46.3 Å². The Morgan fingerprint density at radius 1 is 1.25 bits per heavy atom. The van der Waals surface area contributed by atoms with Gasteiger partial charge in [0, 0.05) is 50.3 Å². The first kappa shape index (κ1) is 15.7. The van der Waals surface area contributed by atoms with Crippen LogP contribution >= 0.6 is 11.3 Å². The molecule has 0 aliphatic carbocycles. The predicted octanol–water partition coefficient (Wildman–Crippen LogP) is 2.29. The van der Waals surface area contributed by atoms with Crippen LogP contribution in [0.25, 0.3) is 0 Å². The zero-order valence-electron chi connectivity index (χ0n) is 13.0. The van der Waals surface area contributed by atoms with Gasteiger partial charge in [0.2, 0.25) is 0 Å². The van der Waals surface area contributed by atoms with E-state index in [4.69, 9.17) is 0 Å². The molecule has 4 nitrogen and oxygen atoms in total. The summed E-state index contributed by atoms with van der Waals surface area (Å²) in [5, 5.41) is 6.82. The molecule has 1 N–H and O–H groups in total. The van der Waals surface area contributed by atoms with E-state index in [0.29, 0.717) is 6.04 Å². The third-order valence-electron chi connectivity index (χ3n) is 3.97. The number of rotatable bonds is 7. The van der Waals surface area contributed by atoms with E-state index >= 15 is 0 Å². The Morgan fingerprint density at radius 2 is 2.00 bits per heavy atom. The van der Waals surface area contributed by atoms with Gasteiger partial charge in [-0.1, -0.05) is 13.8 Å². The third kappa shape index (κ3) is 4.72. The smallest absolute Gasteiger partial charge is 0.185 e. The quantitative estimate of drug-likeness (QED) is 0.782. The number of aromatic nitrogens is 1. The number of nitrogens with one attached hydrogen (secondary N) is 1. The van der Waals surface area contributed by atoms with Gasteiger partial charge in [-0.2, -0.15) is 0 Å². The van der Waals surface area contributed by atoms with Gasteiger partial charge < -0.3 is 10.2 Å². The third-order valence-corrected chi connectivity index (χ3v) is 4.80. The molecule has 0 aromatic carbocycles. The van der Waals surface area contributed by atoms with Gasteiger partial charge >= 0.3 is 0 Å². The SMILES string of the molecule is CC(C)CCNCC(C)N1CCN(c2nccs2)CC1. The minimum absolute atomic E-state index is 0.626. The first-order valence-electron chi connectivity index (χ1n) is 7.76. The number of nitrogens with zero attached hydrogens (tertiary/aromatic N) is 3. The van der Waals surface area contributed by atoms with Crippen LogP contribution in [0.5, 0.6) is 0 Å². The molecule has 1 atom stereocenters. The summed E-state index contributed by atoms with van der Waals surface area (Å²) in [5.74, 6) is 0.791. The molecule has 2 rings (SSSR count). The van der Waals surface area contributed by atoms with Gasteiger partial charge in [0.05, 0.1) is 0 Å². The molecule has 0 spiro atoms. The lowest BCUT2D eigenvalue weighted by molar-refractivity contribution is 0.193. The summed E-state index contributed by atoms with van der Waals surface area (Å²) in [7, 11) is 0. The molecule has 1 aliphatic heterocycles. The molecule has 20 heavy (non-hydrogen) atoms. The highest BCUT2D eigenvalue weighted by Gasteiger charge is 2.21. The largest absolute Gasteiger partial charge is 0.346 e. The molecule has 1 saturated heterocycles. The lowest BCUT2D eigenvalue weighted by Gasteiger charge is -2.38. The van der Waals surface area contributed by atoms with Crippen molar-refractivity contribution in [3.63, 3.8) is 0 Å². The topological polar surface area (TPSA) is 31.4 Å². The average molecular weight is 296 g/mol. The maximum absolute atomic E-state index is 4.40. The second-order valence-electron chi connectivity index (χ2n) is 6.07. The molecule has 1 fully saturated rings. The molecule has 114 valence electrons. The molecule has 1 aromatic heterocycles. The highest BCUT2D eigenvalue weighted by Crippen LogP contribution is 2.19. The molecule has 1 aliphatic rings. The maximum atomic E-state index is 4.40. The van der Waals surface area contributed by atoms with Crippen LogP contribution in [-0.2, 0) is 0 Å². The minimum Gasteiger partial charge on any atom is -0.346 e. The second-order valence-corrected chi connectivity index (χ2v) is 6.95. The standard InChI is InChI=1S/C15H28N4S/c1-13(2)4-5-16-12-14(3)18-7-9-19(10-8-18)15-17-6-11-20-15/h6,11,13-14,16H,4-5,7-10,12H2,1-3H3. The highest BCUT2D eigenvalue weighted by atomic mass is 32.1. The van der Waals surface area contributed by atoms with Crippen molar-refractivity contribution in [2.75, 3.05) is 44.2 Å². The number of hydrogen-bond donors (Lipinski definition) is 1. The van der Waals surface area contributed by atoms with Crippen molar-refractivity contribution in [2.45, 2.75) is 33.2 Å². The van der Waals surface area contributed by atoms with Crippen molar-refractivity contribution in [3.8, 4) is 0 Å². The minimum atomic E-state index is 0.626. The summed E-state index contributed by atoms with van der Waals surface area (Å²) in [6, 6.07) is 0.626. The molecule has 5 heteroatoms. The van der Waals surface area contributed by atoms with E-state index in [1.54, 1.807) is 11.3 Å². The van der Waals surface area contributed by atoms with Crippen molar-refractivity contribution in [1.29, 1.82) is 0 Å². The summed E-state index contributed by atoms with van der Waals surface area (Å²) < 4.78 is 0.